The summed E-state index contributed by atoms with van der Waals surface area (Å²) in [5.41, 5.74) is 0.582. The number of anilines is 1. The molecule has 0 aliphatic carbocycles. The van der Waals surface area contributed by atoms with Gasteiger partial charge < -0.3 is 0 Å². The van der Waals surface area contributed by atoms with Gasteiger partial charge in [-0.05, 0) is 24.3 Å². The Balaban J connectivity index is 1.88. The van der Waals surface area contributed by atoms with E-state index in [4.69, 9.17) is 40.1 Å². The third-order valence-corrected chi connectivity index (χ3v) is 5.76. The Labute approximate surface area is 180 Å². The van der Waals surface area contributed by atoms with Gasteiger partial charge in [-0.1, -0.05) is 64.8 Å². The van der Waals surface area contributed by atoms with E-state index in [1.807, 2.05) is 0 Å². The zero-order valence-electron chi connectivity index (χ0n) is 14.0. The van der Waals surface area contributed by atoms with E-state index in [2.05, 4.69) is 10.3 Å². The summed E-state index contributed by atoms with van der Waals surface area (Å²) < 4.78 is 0. The molecular formula is C18H11Cl3N4O2S. The van der Waals surface area contributed by atoms with Gasteiger partial charge in [0, 0.05) is 6.42 Å². The fourth-order valence-corrected chi connectivity index (χ4v) is 4.25. The Hall–Kier alpha value is -2.24. The van der Waals surface area contributed by atoms with Crippen LogP contribution < -0.4 is 10.2 Å². The number of carbonyl (C=O) groups is 2. The minimum absolute atomic E-state index is 0.0836. The topological polar surface area (TPSA) is 85.6 Å². The lowest BCUT2D eigenvalue weighted by molar-refractivity contribution is -0.121. The first-order valence-corrected chi connectivity index (χ1v) is 9.89. The lowest BCUT2D eigenvalue weighted by atomic mass is 10.3. The normalized spacial score (nSPS) is 17.0. The first kappa shape index (κ1) is 20.5. The molecule has 0 bridgehead atoms. The molecular weight excluding hydrogens is 443 g/mol. The summed E-state index contributed by atoms with van der Waals surface area (Å²) in [5, 5.41) is 11.6. The van der Waals surface area contributed by atoms with Gasteiger partial charge in [-0.15, -0.1) is 0 Å². The van der Waals surface area contributed by atoms with E-state index in [-0.39, 0.29) is 27.3 Å². The number of para-hydroxylation sites is 2. The molecule has 1 N–H and O–H groups in total. The second kappa shape index (κ2) is 8.84. The molecule has 28 heavy (non-hydrogen) atoms. The molecule has 1 atom stereocenters. The maximum atomic E-state index is 12.9. The molecule has 2 aromatic rings. The van der Waals surface area contributed by atoms with E-state index in [1.165, 1.54) is 0 Å². The summed E-state index contributed by atoms with van der Waals surface area (Å²) in [5.74, 6) is -0.928. The van der Waals surface area contributed by atoms with Crippen molar-refractivity contribution in [3.05, 3.63) is 57.5 Å². The third kappa shape index (κ3) is 4.26. The highest BCUT2D eigenvalue weighted by Crippen LogP contribution is 2.39. The molecule has 142 valence electrons. The van der Waals surface area contributed by atoms with E-state index in [9.17, 15) is 9.59 Å². The molecule has 1 fully saturated rings. The molecule has 6 nitrogen and oxygen atoms in total. The van der Waals surface area contributed by atoms with Crippen molar-refractivity contribution in [3.8, 4) is 6.19 Å². The quantitative estimate of drug-likeness (QED) is 0.238. The first-order chi connectivity index (χ1) is 13.4. The fraction of sp³-hybridized carbons (Fsp3) is 0.111. The number of aliphatic imine (C=N–C) groups is 1. The van der Waals surface area contributed by atoms with Crippen LogP contribution >= 0.6 is 46.6 Å². The van der Waals surface area contributed by atoms with Crippen LogP contribution in [0.5, 0.6) is 0 Å². The molecule has 2 aromatic carbocycles. The molecule has 1 saturated heterocycles. The molecule has 2 amide bonds. The van der Waals surface area contributed by atoms with Crippen LogP contribution in [-0.2, 0) is 9.59 Å². The van der Waals surface area contributed by atoms with Gasteiger partial charge in [0.2, 0.25) is 11.8 Å². The number of benzene rings is 2. The van der Waals surface area contributed by atoms with Gasteiger partial charge in [-0.25, -0.2) is 9.89 Å². The lowest BCUT2D eigenvalue weighted by Crippen LogP contribution is -2.32. The second-order valence-corrected chi connectivity index (χ2v) is 7.97. The van der Waals surface area contributed by atoms with E-state index in [0.29, 0.717) is 10.7 Å². The van der Waals surface area contributed by atoms with E-state index in [0.717, 1.165) is 16.7 Å². The van der Waals surface area contributed by atoms with Crippen LogP contribution in [0.15, 0.2) is 47.5 Å². The number of hydrogen-bond acceptors (Lipinski definition) is 5. The van der Waals surface area contributed by atoms with Gasteiger partial charge in [0.25, 0.3) is 0 Å². The predicted octanol–water partition coefficient (Wildman–Crippen LogP) is 4.77. The molecule has 1 heterocycles. The summed E-state index contributed by atoms with van der Waals surface area (Å²) in [6.45, 7) is 0. The highest BCUT2D eigenvalue weighted by atomic mass is 35.5. The summed E-state index contributed by atoms with van der Waals surface area (Å²) in [6, 6.07) is 11.5. The molecule has 0 spiro atoms. The Morgan fingerprint density at radius 3 is 2.39 bits per heavy atom. The van der Waals surface area contributed by atoms with Crippen LogP contribution in [0.4, 0.5) is 11.4 Å². The van der Waals surface area contributed by atoms with Crippen LogP contribution in [0.1, 0.15) is 6.42 Å². The maximum absolute atomic E-state index is 12.9. The Morgan fingerprint density at radius 2 is 1.75 bits per heavy atom. The Bertz CT molecular complexity index is 1000. The van der Waals surface area contributed by atoms with E-state index in [1.54, 1.807) is 48.7 Å². The van der Waals surface area contributed by atoms with Crippen LogP contribution in [0.25, 0.3) is 0 Å². The number of nitrogens with one attached hydrogen (secondary N) is 1. The van der Waals surface area contributed by atoms with Crippen LogP contribution in [0.2, 0.25) is 15.1 Å². The first-order valence-electron chi connectivity index (χ1n) is 7.88. The smallest absolute Gasteiger partial charge is 0.247 e. The summed E-state index contributed by atoms with van der Waals surface area (Å²) in [6.07, 6.45) is 1.69. The second-order valence-electron chi connectivity index (χ2n) is 5.55. The number of imide groups is 1. The zero-order valence-corrected chi connectivity index (χ0v) is 17.1. The molecule has 0 unspecified atom stereocenters. The average Bonchev–Trinajstić information content (AvgIpc) is 2.91. The van der Waals surface area contributed by atoms with Crippen LogP contribution in [0, 0.1) is 11.5 Å². The predicted molar refractivity (Wildman–Crippen MR) is 112 cm³/mol. The van der Waals surface area contributed by atoms with E-state index >= 15 is 0 Å². The van der Waals surface area contributed by atoms with Gasteiger partial charge in [0.1, 0.15) is 5.25 Å². The zero-order chi connectivity index (χ0) is 20.3. The van der Waals surface area contributed by atoms with Crippen molar-refractivity contribution in [2.75, 3.05) is 4.90 Å². The minimum atomic E-state index is -0.790. The SMILES string of the molecule is N#CNC(=Nc1ccccc1Cl)S[C@H]1CC(=O)N(c2c(Cl)cccc2Cl)C1=O. The van der Waals surface area contributed by atoms with Gasteiger partial charge in [0.15, 0.2) is 11.4 Å². The number of carbonyl (C=O) groups excluding carboxylic acids is 2. The van der Waals surface area contributed by atoms with Crippen molar-refractivity contribution >= 4 is 74.9 Å². The Kier molecular flexibility index (Phi) is 6.47. The van der Waals surface area contributed by atoms with Crippen LogP contribution in [-0.4, -0.2) is 22.2 Å². The molecule has 1 aliphatic rings. The highest BCUT2D eigenvalue weighted by molar-refractivity contribution is 8.15. The van der Waals surface area contributed by atoms with Crippen molar-refractivity contribution in [1.82, 2.24) is 5.32 Å². The molecule has 10 heteroatoms. The number of nitriles is 1. The number of rotatable bonds is 3. The lowest BCUT2D eigenvalue weighted by Gasteiger charge is -2.17. The number of amides is 2. The number of thioether (sulfide) groups is 1. The van der Waals surface area contributed by atoms with Gasteiger partial charge in [0.05, 0.1) is 26.4 Å². The highest BCUT2D eigenvalue weighted by Gasteiger charge is 2.42. The van der Waals surface area contributed by atoms with Crippen molar-refractivity contribution in [2.24, 2.45) is 4.99 Å². The minimum Gasteiger partial charge on any atom is -0.274 e. The number of amidine groups is 1. The number of halogens is 3. The molecule has 1 aliphatic heterocycles. The third-order valence-electron chi connectivity index (χ3n) is 3.76. The molecule has 0 aromatic heterocycles. The largest absolute Gasteiger partial charge is 0.274 e. The van der Waals surface area contributed by atoms with E-state index < -0.39 is 17.1 Å². The molecule has 3 rings (SSSR count). The maximum Gasteiger partial charge on any atom is 0.247 e. The van der Waals surface area contributed by atoms with Crippen molar-refractivity contribution in [3.63, 3.8) is 0 Å². The van der Waals surface area contributed by atoms with Crippen LogP contribution in [0.3, 0.4) is 0 Å². The van der Waals surface area contributed by atoms with Crippen molar-refractivity contribution < 1.29 is 9.59 Å². The van der Waals surface area contributed by atoms with Crippen molar-refractivity contribution in [2.45, 2.75) is 11.7 Å². The fourth-order valence-electron chi connectivity index (χ4n) is 2.55. The summed E-state index contributed by atoms with van der Waals surface area (Å²) >= 11 is 19.3. The molecule has 0 radical (unpaired) electrons. The average molecular weight is 454 g/mol. The van der Waals surface area contributed by atoms with Gasteiger partial charge in [-0.2, -0.15) is 5.26 Å². The Morgan fingerprint density at radius 1 is 1.11 bits per heavy atom. The number of nitrogens with zero attached hydrogens (tertiary/aromatic N) is 3. The number of hydrogen-bond donors (Lipinski definition) is 1. The summed E-state index contributed by atoms with van der Waals surface area (Å²) in [4.78, 5) is 30.6. The van der Waals surface area contributed by atoms with Gasteiger partial charge >= 0.3 is 0 Å². The van der Waals surface area contributed by atoms with Gasteiger partial charge in [-0.3, -0.25) is 14.9 Å². The monoisotopic (exact) mass is 452 g/mol. The standard InChI is InChI=1S/C18H11Cl3N4O2S/c19-10-4-1-2-7-13(10)24-18(23-9-22)28-14-8-15(26)25(17(14)27)16-11(20)5-3-6-12(16)21/h1-7,14H,8H2,(H,23,24)/t14-/m0/s1. The van der Waals surface area contributed by atoms with Crippen molar-refractivity contribution in [1.29, 1.82) is 5.26 Å². The summed E-state index contributed by atoms with van der Waals surface area (Å²) in [7, 11) is 0. The molecule has 0 saturated carbocycles.